The normalized spacial score (nSPS) is 20.7. The van der Waals surface area contributed by atoms with E-state index in [0.29, 0.717) is 21.6 Å². The fraction of sp³-hybridized carbons (Fsp3) is 0.318. The lowest BCUT2D eigenvalue weighted by molar-refractivity contribution is -0.129. The van der Waals surface area contributed by atoms with Crippen molar-refractivity contribution >= 4 is 49.6 Å². The minimum absolute atomic E-state index is 0.0651. The summed E-state index contributed by atoms with van der Waals surface area (Å²) in [4.78, 5) is 36.1. The van der Waals surface area contributed by atoms with Crippen molar-refractivity contribution in [2.75, 3.05) is 12.4 Å². The summed E-state index contributed by atoms with van der Waals surface area (Å²) in [6.45, 7) is 1.99. The Hall–Kier alpha value is -3.27. The van der Waals surface area contributed by atoms with E-state index in [1.54, 1.807) is 30.2 Å². The second-order valence-corrected chi connectivity index (χ2v) is 9.19. The molecule has 1 unspecified atom stereocenters. The molecule has 3 aromatic heterocycles. The smallest absolute Gasteiger partial charge is 0.255 e. The summed E-state index contributed by atoms with van der Waals surface area (Å²) in [7, 11) is 1.67. The summed E-state index contributed by atoms with van der Waals surface area (Å²) >= 11 is 3.50. The van der Waals surface area contributed by atoms with Crippen molar-refractivity contribution in [1.82, 2.24) is 30.0 Å². The Labute approximate surface area is 191 Å². The maximum atomic E-state index is 12.2. The second kappa shape index (κ2) is 7.70. The van der Waals surface area contributed by atoms with E-state index in [9.17, 15) is 9.59 Å². The highest BCUT2D eigenvalue weighted by atomic mass is 79.9. The number of aromatic nitrogens is 5. The van der Waals surface area contributed by atoms with Gasteiger partial charge in [-0.1, -0.05) is 6.92 Å². The summed E-state index contributed by atoms with van der Waals surface area (Å²) in [6.07, 6.45) is 5.76. The molecule has 164 valence electrons. The fourth-order valence-electron chi connectivity index (χ4n) is 4.48. The van der Waals surface area contributed by atoms with Gasteiger partial charge in [-0.15, -0.1) is 0 Å². The molecule has 0 saturated heterocycles. The SMILES string of the molecule is CNC(=O)[C@]1(C)CCC(Nc2ncc3c(Br)nn(-c4ccc5c(=O)[nH]ccc5c4)c3n2)C1. The molecule has 0 spiro atoms. The molecule has 5 rings (SSSR count). The van der Waals surface area contributed by atoms with Crippen LogP contribution in [0.4, 0.5) is 5.95 Å². The Balaban J connectivity index is 1.49. The summed E-state index contributed by atoms with van der Waals surface area (Å²) < 4.78 is 2.37. The van der Waals surface area contributed by atoms with Crippen molar-refractivity contribution in [2.45, 2.75) is 32.2 Å². The van der Waals surface area contributed by atoms with Crippen LogP contribution >= 0.6 is 15.9 Å². The van der Waals surface area contributed by atoms with Crippen LogP contribution in [0.15, 0.2) is 46.1 Å². The van der Waals surface area contributed by atoms with Gasteiger partial charge >= 0.3 is 0 Å². The molecule has 4 aromatic rings. The van der Waals surface area contributed by atoms with E-state index in [0.717, 1.165) is 35.7 Å². The van der Waals surface area contributed by atoms with Crippen LogP contribution in [-0.4, -0.2) is 43.7 Å². The Morgan fingerprint density at radius 1 is 1.31 bits per heavy atom. The average Bonchev–Trinajstić information content (AvgIpc) is 3.33. The minimum Gasteiger partial charge on any atom is -0.359 e. The molecule has 3 N–H and O–H groups in total. The van der Waals surface area contributed by atoms with E-state index in [1.807, 2.05) is 25.1 Å². The lowest BCUT2D eigenvalue weighted by Crippen LogP contribution is -2.35. The molecule has 1 aliphatic carbocycles. The highest BCUT2D eigenvalue weighted by molar-refractivity contribution is 9.10. The molecule has 32 heavy (non-hydrogen) atoms. The Bertz CT molecular complexity index is 1410. The topological polar surface area (TPSA) is 118 Å². The van der Waals surface area contributed by atoms with Gasteiger partial charge in [0, 0.05) is 36.3 Å². The van der Waals surface area contributed by atoms with Crippen LogP contribution in [0.1, 0.15) is 26.2 Å². The summed E-state index contributed by atoms with van der Waals surface area (Å²) in [6, 6.07) is 7.50. The zero-order chi connectivity index (χ0) is 22.5. The largest absolute Gasteiger partial charge is 0.359 e. The number of pyridine rings is 1. The molecule has 1 amide bonds. The molecule has 1 aliphatic rings. The number of carbonyl (C=O) groups is 1. The maximum Gasteiger partial charge on any atom is 0.255 e. The van der Waals surface area contributed by atoms with Crippen LogP contribution < -0.4 is 16.2 Å². The molecular weight excluding hydrogens is 474 g/mol. The number of hydrogen-bond donors (Lipinski definition) is 3. The summed E-state index contributed by atoms with van der Waals surface area (Å²) in [5.41, 5.74) is 0.918. The third-order valence-electron chi connectivity index (χ3n) is 6.23. The predicted molar refractivity (Wildman–Crippen MR) is 126 cm³/mol. The van der Waals surface area contributed by atoms with Crippen molar-refractivity contribution < 1.29 is 4.79 Å². The Morgan fingerprint density at radius 3 is 2.97 bits per heavy atom. The number of nitrogens with zero attached hydrogens (tertiary/aromatic N) is 4. The van der Waals surface area contributed by atoms with Gasteiger partial charge in [0.2, 0.25) is 11.9 Å². The monoisotopic (exact) mass is 495 g/mol. The number of aromatic amines is 1. The van der Waals surface area contributed by atoms with E-state index in [2.05, 4.69) is 41.6 Å². The third kappa shape index (κ3) is 3.44. The Kier molecular flexibility index (Phi) is 4.96. The van der Waals surface area contributed by atoms with Gasteiger partial charge in [0.05, 0.1) is 11.1 Å². The van der Waals surface area contributed by atoms with Crippen LogP contribution in [0.25, 0.3) is 27.5 Å². The molecule has 1 fully saturated rings. The van der Waals surface area contributed by atoms with E-state index >= 15 is 0 Å². The quantitative estimate of drug-likeness (QED) is 0.400. The van der Waals surface area contributed by atoms with Crippen molar-refractivity contribution in [3.63, 3.8) is 0 Å². The van der Waals surface area contributed by atoms with Crippen LogP contribution in [0.3, 0.4) is 0 Å². The van der Waals surface area contributed by atoms with Gasteiger partial charge in [0.1, 0.15) is 4.60 Å². The van der Waals surface area contributed by atoms with E-state index < -0.39 is 0 Å². The third-order valence-corrected chi connectivity index (χ3v) is 6.82. The van der Waals surface area contributed by atoms with Gasteiger partial charge in [-0.05, 0) is 64.8 Å². The molecule has 10 heteroatoms. The number of H-pyrrole nitrogens is 1. The summed E-state index contributed by atoms with van der Waals surface area (Å²) in [5, 5.41) is 12.9. The highest BCUT2D eigenvalue weighted by Gasteiger charge is 2.40. The first kappa shape index (κ1) is 20.6. The molecule has 1 saturated carbocycles. The molecule has 9 nitrogen and oxygen atoms in total. The standard InChI is InChI=1S/C22H22BrN7O2/c1-22(20(32)24-2)7-5-13(10-22)27-21-26-11-16-17(23)29-30(18(16)28-21)14-3-4-15-12(9-14)6-8-25-19(15)31/h3-4,6,8-9,11,13H,5,7,10H2,1-2H3,(H,24,32)(H,25,31)(H,26,27,28)/t13?,22-/m1/s1. The lowest BCUT2D eigenvalue weighted by Gasteiger charge is -2.22. The number of carbonyl (C=O) groups excluding carboxylic acids is 1. The van der Waals surface area contributed by atoms with Gasteiger partial charge in [-0.3, -0.25) is 9.59 Å². The van der Waals surface area contributed by atoms with E-state index in [4.69, 9.17) is 4.98 Å². The maximum absolute atomic E-state index is 12.2. The van der Waals surface area contributed by atoms with Gasteiger partial charge in [0.25, 0.3) is 5.56 Å². The lowest BCUT2D eigenvalue weighted by atomic mass is 9.87. The van der Waals surface area contributed by atoms with Gasteiger partial charge in [-0.25, -0.2) is 9.67 Å². The first-order valence-electron chi connectivity index (χ1n) is 10.4. The number of fused-ring (bicyclic) bond motifs is 2. The van der Waals surface area contributed by atoms with Gasteiger partial charge < -0.3 is 15.6 Å². The average molecular weight is 496 g/mol. The van der Waals surface area contributed by atoms with Crippen LogP contribution in [0.5, 0.6) is 0 Å². The molecular formula is C22H22BrN7O2. The number of hydrogen-bond acceptors (Lipinski definition) is 6. The predicted octanol–water partition coefficient (Wildman–Crippen LogP) is 3.14. The number of amides is 1. The summed E-state index contributed by atoms with van der Waals surface area (Å²) in [5.74, 6) is 0.560. The number of nitrogens with one attached hydrogen (secondary N) is 3. The van der Waals surface area contributed by atoms with Crippen LogP contribution in [0, 0.1) is 5.41 Å². The number of anilines is 1. The first-order chi connectivity index (χ1) is 15.4. The van der Waals surface area contributed by atoms with E-state index in [-0.39, 0.29) is 22.9 Å². The fourth-order valence-corrected chi connectivity index (χ4v) is 4.92. The zero-order valence-electron chi connectivity index (χ0n) is 17.6. The van der Waals surface area contributed by atoms with Gasteiger partial charge in [0.15, 0.2) is 5.65 Å². The second-order valence-electron chi connectivity index (χ2n) is 8.44. The molecule has 0 bridgehead atoms. The van der Waals surface area contributed by atoms with Crippen molar-refractivity contribution in [3.8, 4) is 5.69 Å². The molecule has 2 atom stereocenters. The number of halogens is 1. The number of benzene rings is 1. The Morgan fingerprint density at radius 2 is 2.16 bits per heavy atom. The molecule has 1 aromatic carbocycles. The van der Waals surface area contributed by atoms with Crippen molar-refractivity contribution in [2.24, 2.45) is 5.41 Å². The van der Waals surface area contributed by atoms with Crippen molar-refractivity contribution in [3.05, 3.63) is 51.6 Å². The molecule has 3 heterocycles. The first-order valence-corrected chi connectivity index (χ1v) is 11.2. The zero-order valence-corrected chi connectivity index (χ0v) is 19.2. The molecule has 0 radical (unpaired) electrons. The highest BCUT2D eigenvalue weighted by Crippen LogP contribution is 2.39. The van der Waals surface area contributed by atoms with Crippen LogP contribution in [-0.2, 0) is 4.79 Å². The van der Waals surface area contributed by atoms with E-state index in [1.165, 1.54) is 0 Å². The minimum atomic E-state index is -0.385. The van der Waals surface area contributed by atoms with Crippen molar-refractivity contribution in [1.29, 1.82) is 0 Å². The molecule has 0 aliphatic heterocycles. The van der Waals surface area contributed by atoms with Crippen LogP contribution in [0.2, 0.25) is 0 Å². The number of rotatable bonds is 4. The van der Waals surface area contributed by atoms with Gasteiger partial charge in [-0.2, -0.15) is 10.1 Å².